The van der Waals surface area contributed by atoms with Crippen molar-refractivity contribution in [3.05, 3.63) is 80.2 Å². The number of rotatable bonds is 5. The van der Waals surface area contributed by atoms with Gasteiger partial charge in [0.2, 0.25) is 0 Å². The van der Waals surface area contributed by atoms with E-state index in [1.165, 1.54) is 35.2 Å². The normalized spacial score (nSPS) is 21.1. The maximum absolute atomic E-state index is 13.8. The van der Waals surface area contributed by atoms with Crippen LogP contribution in [0.2, 0.25) is 0 Å². The molecular weight excluding hydrogens is 474 g/mol. The van der Waals surface area contributed by atoms with Crippen LogP contribution in [0.5, 0.6) is 0 Å². The molecule has 0 radical (unpaired) electrons. The molecule has 2 aromatic carbocycles. The molecule has 1 aliphatic carbocycles. The highest BCUT2D eigenvalue weighted by Crippen LogP contribution is 2.51. The molecule has 2 aliphatic heterocycles. The van der Waals surface area contributed by atoms with Crippen LogP contribution >= 0.6 is 23.5 Å². The summed E-state index contributed by atoms with van der Waals surface area (Å²) < 4.78 is 0. The number of nitrogens with one attached hydrogen (secondary N) is 1. The number of allylic oxidation sites excluding steroid dienone is 2. The van der Waals surface area contributed by atoms with Gasteiger partial charge in [-0.3, -0.25) is 9.69 Å². The topological polar surface area (TPSA) is 71.7 Å². The van der Waals surface area contributed by atoms with E-state index in [9.17, 15) is 10.1 Å². The first-order valence-electron chi connectivity index (χ1n) is 11.9. The van der Waals surface area contributed by atoms with Crippen molar-refractivity contribution in [2.75, 3.05) is 18.9 Å². The number of aliphatic imine (C=N–C) groups is 1. The quantitative estimate of drug-likeness (QED) is 0.479. The van der Waals surface area contributed by atoms with Crippen LogP contribution in [0, 0.1) is 11.3 Å². The van der Waals surface area contributed by atoms with E-state index >= 15 is 0 Å². The van der Waals surface area contributed by atoms with E-state index in [2.05, 4.69) is 23.3 Å². The van der Waals surface area contributed by atoms with Crippen LogP contribution in [0.4, 0.5) is 11.4 Å². The zero-order valence-electron chi connectivity index (χ0n) is 19.9. The van der Waals surface area contributed by atoms with Gasteiger partial charge in [-0.15, -0.1) is 0 Å². The summed E-state index contributed by atoms with van der Waals surface area (Å²) in [6, 6.07) is 17.6. The van der Waals surface area contributed by atoms with E-state index in [0.717, 1.165) is 40.6 Å². The van der Waals surface area contributed by atoms with Crippen LogP contribution in [0.15, 0.2) is 74.1 Å². The first-order valence-corrected chi connectivity index (χ1v) is 13.5. The van der Waals surface area contributed by atoms with Gasteiger partial charge < -0.3 is 10.2 Å². The lowest BCUT2D eigenvalue weighted by Crippen LogP contribution is -2.29. The summed E-state index contributed by atoms with van der Waals surface area (Å²) in [5.74, 6) is -0.0201. The highest BCUT2D eigenvalue weighted by atomic mass is 32.2. The second-order valence-corrected chi connectivity index (χ2v) is 10.7. The van der Waals surface area contributed by atoms with Gasteiger partial charge in [-0.2, -0.15) is 5.26 Å². The van der Waals surface area contributed by atoms with E-state index in [0.29, 0.717) is 23.0 Å². The number of hydrogen-bond donors (Lipinski definition) is 1. The van der Waals surface area contributed by atoms with Gasteiger partial charge in [0.25, 0.3) is 5.91 Å². The molecule has 0 atom stereocenters. The Morgan fingerprint density at radius 2 is 1.91 bits per heavy atom. The second kappa shape index (κ2) is 10.2. The lowest BCUT2D eigenvalue weighted by atomic mass is 10.0. The fourth-order valence-electron chi connectivity index (χ4n) is 4.49. The summed E-state index contributed by atoms with van der Waals surface area (Å²) >= 11 is 3.18. The summed E-state index contributed by atoms with van der Waals surface area (Å²) in [6.45, 7) is 3.20. The van der Waals surface area contributed by atoms with Crippen molar-refractivity contribution in [2.24, 2.45) is 4.99 Å². The van der Waals surface area contributed by atoms with E-state index < -0.39 is 0 Å². The molecule has 0 aromatic heterocycles. The Morgan fingerprint density at radius 1 is 1.11 bits per heavy atom. The van der Waals surface area contributed by atoms with Crippen LogP contribution in [-0.2, 0) is 11.3 Å². The third-order valence-electron chi connectivity index (χ3n) is 6.27. The number of nitrogens with zero attached hydrogens (tertiary/aromatic N) is 4. The Balaban J connectivity index is 1.57. The Labute approximate surface area is 214 Å². The summed E-state index contributed by atoms with van der Waals surface area (Å²) in [5.41, 5.74) is 4.44. The van der Waals surface area contributed by atoms with E-state index in [-0.39, 0.29) is 5.91 Å². The van der Waals surface area contributed by atoms with Crippen molar-refractivity contribution in [1.82, 2.24) is 9.80 Å². The molecule has 1 saturated heterocycles. The predicted molar refractivity (Wildman–Crippen MR) is 145 cm³/mol. The first-order chi connectivity index (χ1) is 17.1. The summed E-state index contributed by atoms with van der Waals surface area (Å²) in [6.07, 6.45) is 4.55. The molecule has 178 valence electrons. The molecule has 8 heteroatoms. The monoisotopic (exact) mass is 501 g/mol. The molecule has 0 spiro atoms. The highest BCUT2D eigenvalue weighted by Gasteiger charge is 2.40. The molecule has 2 aromatic rings. The number of thioether (sulfide) groups is 2. The van der Waals surface area contributed by atoms with Gasteiger partial charge in [-0.1, -0.05) is 42.1 Å². The van der Waals surface area contributed by atoms with Gasteiger partial charge in [0.15, 0.2) is 5.17 Å². The standard InChI is InChI=1S/C27H27N5OS2/c1-3-29-20-14-13-19(16-28)15-21(20)30-27-32(17-18-9-5-4-6-10-18)25(33)24(35-27)26-31(2)22-11-7-8-12-23(22)34-26/h4-6,9-10,13-15,29H,3,7-8,11-12,17H2,1-2H3/b26-24-,30-27?. The molecule has 1 fully saturated rings. The largest absolute Gasteiger partial charge is 0.384 e. The fraction of sp³-hybridized carbons (Fsp3) is 0.296. The van der Waals surface area contributed by atoms with Crippen LogP contribution in [0.3, 0.4) is 0 Å². The molecule has 1 N–H and O–H groups in total. The van der Waals surface area contributed by atoms with Crippen LogP contribution < -0.4 is 5.32 Å². The number of nitriles is 1. The summed E-state index contributed by atoms with van der Waals surface area (Å²) in [4.78, 5) is 24.9. The van der Waals surface area contributed by atoms with Gasteiger partial charge in [0.1, 0.15) is 4.91 Å². The van der Waals surface area contributed by atoms with Crippen molar-refractivity contribution < 1.29 is 4.79 Å². The van der Waals surface area contributed by atoms with Crippen molar-refractivity contribution >= 4 is 46.0 Å². The fourth-order valence-corrected chi connectivity index (χ4v) is 7.01. The second-order valence-electron chi connectivity index (χ2n) is 8.62. The molecule has 2 heterocycles. The number of anilines is 1. The Hall–Kier alpha value is -3.15. The molecule has 35 heavy (non-hydrogen) atoms. The minimum atomic E-state index is -0.0201. The third-order valence-corrected chi connectivity index (χ3v) is 8.82. The predicted octanol–water partition coefficient (Wildman–Crippen LogP) is 6.39. The number of amides is 1. The summed E-state index contributed by atoms with van der Waals surface area (Å²) in [7, 11) is 2.08. The lowest BCUT2D eigenvalue weighted by molar-refractivity contribution is -0.122. The van der Waals surface area contributed by atoms with Gasteiger partial charge in [0, 0.05) is 24.2 Å². The smallest absolute Gasteiger partial charge is 0.269 e. The van der Waals surface area contributed by atoms with Gasteiger partial charge in [-0.25, -0.2) is 4.99 Å². The van der Waals surface area contributed by atoms with Gasteiger partial charge >= 0.3 is 0 Å². The zero-order valence-corrected chi connectivity index (χ0v) is 21.5. The number of hydrogen-bond acceptors (Lipinski definition) is 7. The molecule has 3 aliphatic rings. The number of benzene rings is 2. The van der Waals surface area contributed by atoms with Gasteiger partial charge in [-0.05, 0) is 68.1 Å². The molecular formula is C27H27N5OS2. The van der Waals surface area contributed by atoms with Crippen molar-refractivity contribution in [1.29, 1.82) is 5.26 Å². The third kappa shape index (κ3) is 4.71. The summed E-state index contributed by atoms with van der Waals surface area (Å²) in [5, 5.41) is 14.4. The molecule has 0 saturated carbocycles. The Bertz CT molecular complexity index is 1290. The first kappa shape index (κ1) is 23.6. The molecule has 0 bridgehead atoms. The minimum absolute atomic E-state index is 0.0201. The van der Waals surface area contributed by atoms with Gasteiger partial charge in [0.05, 0.1) is 34.6 Å². The number of carbonyl (C=O) groups is 1. The lowest BCUT2D eigenvalue weighted by Gasteiger charge is -2.20. The van der Waals surface area contributed by atoms with E-state index in [1.54, 1.807) is 28.8 Å². The minimum Gasteiger partial charge on any atom is -0.384 e. The number of carbonyl (C=O) groups excluding carboxylic acids is 1. The van der Waals surface area contributed by atoms with Crippen molar-refractivity contribution in [3.8, 4) is 6.07 Å². The Morgan fingerprint density at radius 3 is 2.66 bits per heavy atom. The average Bonchev–Trinajstić information content (AvgIpc) is 3.37. The average molecular weight is 502 g/mol. The van der Waals surface area contributed by atoms with Crippen LogP contribution in [0.25, 0.3) is 0 Å². The number of amidine groups is 1. The molecule has 5 rings (SSSR count). The Kier molecular flexibility index (Phi) is 6.89. The maximum Gasteiger partial charge on any atom is 0.269 e. The molecule has 0 unspecified atom stereocenters. The van der Waals surface area contributed by atoms with Crippen molar-refractivity contribution in [3.63, 3.8) is 0 Å². The highest BCUT2D eigenvalue weighted by molar-refractivity contribution is 8.19. The van der Waals surface area contributed by atoms with Crippen LogP contribution in [0.1, 0.15) is 43.7 Å². The van der Waals surface area contributed by atoms with Crippen LogP contribution in [-0.4, -0.2) is 34.5 Å². The zero-order chi connectivity index (χ0) is 24.4. The maximum atomic E-state index is 13.8. The van der Waals surface area contributed by atoms with E-state index in [1.807, 2.05) is 43.3 Å². The van der Waals surface area contributed by atoms with E-state index in [4.69, 9.17) is 4.99 Å². The SMILES string of the molecule is CCNc1ccc(C#N)cc1N=C1S/C(=C2\SC3=C(CCCC3)N2C)C(=O)N1Cc1ccccc1. The molecule has 6 nitrogen and oxygen atoms in total. The molecule has 1 amide bonds. The van der Waals surface area contributed by atoms with Crippen molar-refractivity contribution in [2.45, 2.75) is 39.2 Å².